The average Bonchev–Trinajstić information content (AvgIpc) is 2.01. The lowest BCUT2D eigenvalue weighted by molar-refractivity contribution is 0.133. The standard InChI is InChI=1S/C8H9F2NO/c1-5(11-12)6-2-7(9)4-8(10)3-6/h2-5,11-12H,1H3/t5-/m1/s1. The monoisotopic (exact) mass is 173 g/mol. The molecule has 0 aliphatic heterocycles. The molecule has 0 saturated heterocycles. The predicted molar refractivity (Wildman–Crippen MR) is 39.7 cm³/mol. The summed E-state index contributed by atoms with van der Waals surface area (Å²) < 4.78 is 25.2. The summed E-state index contributed by atoms with van der Waals surface area (Å²) in [5.74, 6) is -1.29. The minimum atomic E-state index is -0.646. The first kappa shape index (κ1) is 9.09. The van der Waals surface area contributed by atoms with Crippen LogP contribution in [0.2, 0.25) is 0 Å². The summed E-state index contributed by atoms with van der Waals surface area (Å²) in [5.41, 5.74) is 2.27. The van der Waals surface area contributed by atoms with Crippen LogP contribution in [0.4, 0.5) is 8.78 Å². The number of hydrogen-bond acceptors (Lipinski definition) is 2. The van der Waals surface area contributed by atoms with Gasteiger partial charge in [-0.1, -0.05) is 0 Å². The zero-order valence-electron chi connectivity index (χ0n) is 6.51. The lowest BCUT2D eigenvalue weighted by Gasteiger charge is -2.08. The molecule has 0 spiro atoms. The summed E-state index contributed by atoms with van der Waals surface area (Å²) >= 11 is 0. The van der Waals surface area contributed by atoms with Crippen molar-refractivity contribution in [2.45, 2.75) is 13.0 Å². The highest BCUT2D eigenvalue weighted by Gasteiger charge is 2.06. The van der Waals surface area contributed by atoms with Crippen molar-refractivity contribution in [1.29, 1.82) is 0 Å². The molecule has 0 bridgehead atoms. The largest absolute Gasteiger partial charge is 0.316 e. The van der Waals surface area contributed by atoms with E-state index in [1.807, 2.05) is 5.48 Å². The van der Waals surface area contributed by atoms with E-state index >= 15 is 0 Å². The third kappa shape index (κ3) is 1.99. The van der Waals surface area contributed by atoms with Gasteiger partial charge in [-0.2, -0.15) is 5.48 Å². The van der Waals surface area contributed by atoms with Crippen molar-refractivity contribution < 1.29 is 14.0 Å². The van der Waals surface area contributed by atoms with Crippen molar-refractivity contribution in [3.8, 4) is 0 Å². The van der Waals surface area contributed by atoms with E-state index in [1.165, 1.54) is 0 Å². The first-order chi connectivity index (χ1) is 5.63. The molecule has 0 aliphatic carbocycles. The van der Waals surface area contributed by atoms with E-state index in [-0.39, 0.29) is 0 Å². The van der Waals surface area contributed by atoms with E-state index in [4.69, 9.17) is 5.21 Å². The molecule has 0 unspecified atom stereocenters. The first-order valence-corrected chi connectivity index (χ1v) is 3.49. The van der Waals surface area contributed by atoms with Gasteiger partial charge in [0.05, 0.1) is 6.04 Å². The Morgan fingerprint density at radius 1 is 1.25 bits per heavy atom. The molecule has 1 rings (SSSR count). The molecule has 12 heavy (non-hydrogen) atoms. The highest BCUT2D eigenvalue weighted by molar-refractivity contribution is 5.20. The molecule has 0 heterocycles. The zero-order valence-corrected chi connectivity index (χ0v) is 6.51. The average molecular weight is 173 g/mol. The molecule has 0 amide bonds. The van der Waals surface area contributed by atoms with Gasteiger partial charge in [0.2, 0.25) is 0 Å². The zero-order chi connectivity index (χ0) is 9.14. The summed E-state index contributed by atoms with van der Waals surface area (Å²) in [6.45, 7) is 1.59. The fraction of sp³-hybridized carbons (Fsp3) is 0.250. The van der Waals surface area contributed by atoms with Gasteiger partial charge in [0.15, 0.2) is 0 Å². The number of hydrogen-bond donors (Lipinski definition) is 2. The van der Waals surface area contributed by atoms with Gasteiger partial charge in [-0.15, -0.1) is 0 Å². The smallest absolute Gasteiger partial charge is 0.126 e. The Kier molecular flexibility index (Phi) is 2.73. The number of benzene rings is 1. The molecule has 0 aliphatic rings. The molecule has 66 valence electrons. The highest BCUT2D eigenvalue weighted by atomic mass is 19.1. The third-order valence-corrected chi connectivity index (χ3v) is 1.58. The van der Waals surface area contributed by atoms with E-state index in [9.17, 15) is 8.78 Å². The normalized spacial score (nSPS) is 13.0. The summed E-state index contributed by atoms with van der Waals surface area (Å²) in [6.07, 6.45) is 0. The van der Waals surface area contributed by atoms with Crippen LogP contribution in [0.15, 0.2) is 18.2 Å². The van der Waals surface area contributed by atoms with Gasteiger partial charge < -0.3 is 5.21 Å². The van der Waals surface area contributed by atoms with Crippen molar-refractivity contribution in [3.63, 3.8) is 0 Å². The summed E-state index contributed by atoms with van der Waals surface area (Å²) in [5, 5.41) is 8.48. The van der Waals surface area contributed by atoms with Crippen LogP contribution in [-0.4, -0.2) is 5.21 Å². The van der Waals surface area contributed by atoms with Crippen molar-refractivity contribution in [1.82, 2.24) is 5.48 Å². The fourth-order valence-electron chi connectivity index (χ4n) is 0.900. The van der Waals surface area contributed by atoms with Crippen LogP contribution in [0.5, 0.6) is 0 Å². The maximum Gasteiger partial charge on any atom is 0.126 e. The molecular weight excluding hydrogens is 164 g/mol. The van der Waals surface area contributed by atoms with Crippen LogP contribution < -0.4 is 5.48 Å². The van der Waals surface area contributed by atoms with Gasteiger partial charge in [-0.3, -0.25) is 0 Å². The van der Waals surface area contributed by atoms with Crippen LogP contribution in [0, 0.1) is 11.6 Å². The Labute approximate surface area is 68.8 Å². The molecule has 1 atom stereocenters. The second-order valence-corrected chi connectivity index (χ2v) is 2.55. The molecule has 0 aromatic heterocycles. The van der Waals surface area contributed by atoms with E-state index in [0.29, 0.717) is 5.56 Å². The Morgan fingerprint density at radius 3 is 2.17 bits per heavy atom. The Morgan fingerprint density at radius 2 is 1.75 bits per heavy atom. The summed E-state index contributed by atoms with van der Waals surface area (Å²) in [7, 11) is 0. The van der Waals surface area contributed by atoms with Crippen LogP contribution >= 0.6 is 0 Å². The molecule has 1 aromatic carbocycles. The minimum absolute atomic E-state index is 0.370. The molecule has 0 saturated carbocycles. The summed E-state index contributed by atoms with van der Waals surface area (Å²) in [6, 6.07) is 2.64. The molecule has 1 aromatic rings. The van der Waals surface area contributed by atoms with Crippen molar-refractivity contribution in [2.24, 2.45) is 0 Å². The second-order valence-electron chi connectivity index (χ2n) is 2.55. The van der Waals surface area contributed by atoms with Crippen molar-refractivity contribution in [3.05, 3.63) is 35.4 Å². The van der Waals surface area contributed by atoms with Crippen LogP contribution in [-0.2, 0) is 0 Å². The third-order valence-electron chi connectivity index (χ3n) is 1.58. The number of halogens is 2. The fourth-order valence-corrected chi connectivity index (χ4v) is 0.900. The van der Waals surface area contributed by atoms with Crippen molar-refractivity contribution >= 4 is 0 Å². The molecule has 0 radical (unpaired) electrons. The van der Waals surface area contributed by atoms with Crippen LogP contribution in [0.3, 0.4) is 0 Å². The van der Waals surface area contributed by atoms with E-state index in [0.717, 1.165) is 18.2 Å². The number of rotatable bonds is 2. The van der Waals surface area contributed by atoms with E-state index in [2.05, 4.69) is 0 Å². The molecule has 2 nitrogen and oxygen atoms in total. The Hall–Kier alpha value is -1.00. The summed E-state index contributed by atoms with van der Waals surface area (Å²) in [4.78, 5) is 0. The van der Waals surface area contributed by atoms with Crippen LogP contribution in [0.25, 0.3) is 0 Å². The topological polar surface area (TPSA) is 32.3 Å². The maximum absolute atomic E-state index is 12.6. The number of nitrogens with one attached hydrogen (secondary N) is 1. The quantitative estimate of drug-likeness (QED) is 0.670. The predicted octanol–water partition coefficient (Wildman–Crippen LogP) is 2.00. The molecule has 2 N–H and O–H groups in total. The SMILES string of the molecule is C[C@@H](NO)c1cc(F)cc(F)c1. The lowest BCUT2D eigenvalue weighted by atomic mass is 10.1. The lowest BCUT2D eigenvalue weighted by Crippen LogP contribution is -2.13. The van der Waals surface area contributed by atoms with Gasteiger partial charge in [0, 0.05) is 6.07 Å². The van der Waals surface area contributed by atoms with Crippen molar-refractivity contribution in [2.75, 3.05) is 0 Å². The second kappa shape index (κ2) is 3.60. The highest BCUT2D eigenvalue weighted by Crippen LogP contribution is 2.14. The molecule has 0 fully saturated rings. The Bertz CT molecular complexity index is 258. The maximum atomic E-state index is 12.6. The van der Waals surface area contributed by atoms with E-state index < -0.39 is 17.7 Å². The van der Waals surface area contributed by atoms with Crippen LogP contribution in [0.1, 0.15) is 18.5 Å². The van der Waals surface area contributed by atoms with Gasteiger partial charge in [-0.25, -0.2) is 8.78 Å². The Balaban J connectivity index is 3.00. The van der Waals surface area contributed by atoms with Gasteiger partial charge in [-0.05, 0) is 24.6 Å². The van der Waals surface area contributed by atoms with Gasteiger partial charge in [0.25, 0.3) is 0 Å². The molecular formula is C8H9F2NO. The van der Waals surface area contributed by atoms with Gasteiger partial charge in [0.1, 0.15) is 11.6 Å². The first-order valence-electron chi connectivity index (χ1n) is 3.49. The number of hydroxylamine groups is 1. The van der Waals surface area contributed by atoms with E-state index in [1.54, 1.807) is 6.92 Å². The van der Waals surface area contributed by atoms with Gasteiger partial charge >= 0.3 is 0 Å². The molecule has 4 heteroatoms. The minimum Gasteiger partial charge on any atom is -0.316 e.